The molecule has 1 fully saturated rings. The minimum absolute atomic E-state index is 0.143. The lowest BCUT2D eigenvalue weighted by atomic mass is 9.97. The highest BCUT2D eigenvalue weighted by Gasteiger charge is 2.38. The molecule has 2 unspecified atom stereocenters. The Hall–Kier alpha value is -1.56. The van der Waals surface area contributed by atoms with Crippen molar-refractivity contribution in [3.8, 4) is 6.01 Å². The van der Waals surface area contributed by atoms with Crippen molar-refractivity contribution >= 4 is 5.97 Å². The zero-order valence-corrected chi connectivity index (χ0v) is 9.64. The summed E-state index contributed by atoms with van der Waals surface area (Å²) in [6, 6.07) is 0.478. The average molecular weight is 237 g/mol. The van der Waals surface area contributed by atoms with E-state index in [4.69, 9.17) is 4.74 Å². The second kappa shape index (κ2) is 3.73. The van der Waals surface area contributed by atoms with E-state index in [9.17, 15) is 9.90 Å². The Morgan fingerprint density at radius 1 is 1.65 bits per heavy atom. The Morgan fingerprint density at radius 3 is 3.24 bits per heavy atom. The predicted octanol–water partition coefficient (Wildman–Crippen LogP) is 0.319. The number of carboxylic acid groups (broad SMARTS) is 1. The summed E-state index contributed by atoms with van der Waals surface area (Å²) in [6.07, 6.45) is 0.667. The third kappa shape index (κ3) is 1.51. The highest BCUT2D eigenvalue weighted by atomic mass is 16.5. The van der Waals surface area contributed by atoms with Gasteiger partial charge in [0.25, 0.3) is 6.01 Å². The Morgan fingerprint density at radius 2 is 2.47 bits per heavy atom. The molecule has 0 saturated carbocycles. The number of hydrogen-bond acceptors (Lipinski definition) is 4. The molecule has 2 aliphatic heterocycles. The van der Waals surface area contributed by atoms with Crippen molar-refractivity contribution in [1.29, 1.82) is 0 Å². The van der Waals surface area contributed by atoms with Crippen molar-refractivity contribution in [2.45, 2.75) is 25.9 Å². The Bertz CT molecular complexity index is 469. The van der Waals surface area contributed by atoms with Gasteiger partial charge in [-0.2, -0.15) is 0 Å². The van der Waals surface area contributed by atoms with E-state index >= 15 is 0 Å². The third-order valence-electron chi connectivity index (χ3n) is 3.54. The molecule has 0 bridgehead atoms. The zero-order valence-electron chi connectivity index (χ0n) is 9.64. The van der Waals surface area contributed by atoms with Gasteiger partial charge in [-0.15, -0.1) is 0 Å². The Kier molecular flexibility index (Phi) is 2.32. The lowest BCUT2D eigenvalue weighted by molar-refractivity contribution is -0.142. The molecule has 3 rings (SSSR count). The number of aromatic nitrogens is 2. The number of ether oxygens (including phenoxy) is 1. The van der Waals surface area contributed by atoms with Crippen LogP contribution in [0.15, 0.2) is 0 Å². The minimum atomic E-state index is -0.742. The van der Waals surface area contributed by atoms with Gasteiger partial charge >= 0.3 is 5.97 Å². The normalized spacial score (nSPS) is 26.9. The number of aliphatic carboxylic acids is 1. The second-order valence-corrected chi connectivity index (χ2v) is 4.53. The monoisotopic (exact) mass is 237 g/mol. The molecule has 6 nitrogen and oxygen atoms in total. The van der Waals surface area contributed by atoms with Gasteiger partial charge in [-0.3, -0.25) is 9.36 Å². The van der Waals surface area contributed by atoms with Crippen LogP contribution in [0.1, 0.15) is 23.9 Å². The molecule has 1 aromatic heterocycles. The summed E-state index contributed by atoms with van der Waals surface area (Å²) >= 11 is 0. The molecule has 1 saturated heterocycles. The van der Waals surface area contributed by atoms with Gasteiger partial charge in [-0.05, 0) is 19.9 Å². The first-order valence-electron chi connectivity index (χ1n) is 5.84. The fourth-order valence-electron chi connectivity index (χ4n) is 2.76. The van der Waals surface area contributed by atoms with Crippen LogP contribution < -0.4 is 10.1 Å². The Balaban J connectivity index is 2.01. The van der Waals surface area contributed by atoms with E-state index < -0.39 is 5.97 Å². The van der Waals surface area contributed by atoms with Gasteiger partial charge in [0, 0.05) is 0 Å². The molecular weight excluding hydrogens is 222 g/mol. The van der Waals surface area contributed by atoms with E-state index in [-0.39, 0.29) is 12.0 Å². The fourth-order valence-corrected chi connectivity index (χ4v) is 2.76. The molecule has 0 amide bonds. The Labute approximate surface area is 98.6 Å². The number of nitrogens with one attached hydrogen (secondary N) is 1. The number of carboxylic acids is 1. The van der Waals surface area contributed by atoms with E-state index in [1.807, 2.05) is 11.5 Å². The molecular formula is C11H15N3O3. The van der Waals surface area contributed by atoms with Gasteiger partial charge in [0.15, 0.2) is 0 Å². The van der Waals surface area contributed by atoms with Crippen LogP contribution in [0.3, 0.4) is 0 Å². The van der Waals surface area contributed by atoms with Crippen LogP contribution in [-0.4, -0.2) is 33.8 Å². The highest BCUT2D eigenvalue weighted by Crippen LogP contribution is 2.35. The predicted molar refractivity (Wildman–Crippen MR) is 58.9 cm³/mol. The number of imidazole rings is 1. The molecule has 92 valence electrons. The fraction of sp³-hybridized carbons (Fsp3) is 0.636. The maximum Gasteiger partial charge on any atom is 0.308 e. The number of carbonyl (C=O) groups is 1. The molecule has 2 atom stereocenters. The van der Waals surface area contributed by atoms with E-state index in [1.54, 1.807) is 0 Å². The molecule has 2 N–H and O–H groups in total. The molecule has 0 aliphatic carbocycles. The summed E-state index contributed by atoms with van der Waals surface area (Å²) in [7, 11) is 0. The molecule has 2 aliphatic rings. The van der Waals surface area contributed by atoms with Crippen LogP contribution in [0.4, 0.5) is 0 Å². The molecule has 3 heterocycles. The lowest BCUT2D eigenvalue weighted by Crippen LogP contribution is -2.26. The first-order valence-corrected chi connectivity index (χ1v) is 5.84. The first-order chi connectivity index (χ1) is 8.18. The van der Waals surface area contributed by atoms with Crippen LogP contribution in [0, 0.1) is 12.8 Å². The molecule has 0 aromatic carbocycles. The maximum absolute atomic E-state index is 11.2. The molecule has 0 spiro atoms. The van der Waals surface area contributed by atoms with Crippen molar-refractivity contribution in [2.24, 2.45) is 5.92 Å². The van der Waals surface area contributed by atoms with E-state index in [0.717, 1.165) is 24.5 Å². The summed E-state index contributed by atoms with van der Waals surface area (Å²) in [5.41, 5.74) is 1.84. The van der Waals surface area contributed by atoms with Crippen molar-refractivity contribution in [3.63, 3.8) is 0 Å². The van der Waals surface area contributed by atoms with Gasteiger partial charge in [0.1, 0.15) is 6.61 Å². The van der Waals surface area contributed by atoms with Crippen LogP contribution in [0.2, 0.25) is 0 Å². The third-order valence-corrected chi connectivity index (χ3v) is 3.54. The molecule has 6 heteroatoms. The van der Waals surface area contributed by atoms with Crippen LogP contribution in [0.5, 0.6) is 6.01 Å². The van der Waals surface area contributed by atoms with Crippen LogP contribution in [0.25, 0.3) is 0 Å². The number of rotatable bonds is 2. The summed E-state index contributed by atoms with van der Waals surface area (Å²) in [6.45, 7) is 4.03. The van der Waals surface area contributed by atoms with Crippen molar-refractivity contribution < 1.29 is 14.6 Å². The first kappa shape index (κ1) is 10.6. The number of nitrogens with zero attached hydrogens (tertiary/aromatic N) is 2. The summed E-state index contributed by atoms with van der Waals surface area (Å²) in [5.74, 6) is -1.11. The minimum Gasteiger partial charge on any atom is -0.481 e. The zero-order chi connectivity index (χ0) is 12.0. The smallest absolute Gasteiger partial charge is 0.308 e. The topological polar surface area (TPSA) is 76.4 Å². The molecule has 1 aromatic rings. The molecule has 17 heavy (non-hydrogen) atoms. The highest BCUT2D eigenvalue weighted by molar-refractivity contribution is 5.71. The van der Waals surface area contributed by atoms with E-state index in [0.29, 0.717) is 19.0 Å². The van der Waals surface area contributed by atoms with Gasteiger partial charge < -0.3 is 15.2 Å². The van der Waals surface area contributed by atoms with Crippen molar-refractivity contribution in [2.75, 3.05) is 13.2 Å². The summed E-state index contributed by atoms with van der Waals surface area (Å²) in [5, 5.41) is 12.5. The van der Waals surface area contributed by atoms with Crippen LogP contribution >= 0.6 is 0 Å². The maximum atomic E-state index is 11.2. The van der Waals surface area contributed by atoms with Gasteiger partial charge in [0.05, 0.1) is 29.9 Å². The number of hydrogen-bond donors (Lipinski definition) is 2. The van der Waals surface area contributed by atoms with Gasteiger partial charge in [-0.1, -0.05) is 0 Å². The average Bonchev–Trinajstić information content (AvgIpc) is 2.91. The second-order valence-electron chi connectivity index (χ2n) is 4.53. The van der Waals surface area contributed by atoms with Crippen molar-refractivity contribution in [1.82, 2.24) is 14.9 Å². The summed E-state index contributed by atoms with van der Waals surface area (Å²) in [4.78, 5) is 15.6. The van der Waals surface area contributed by atoms with Gasteiger partial charge in [0.2, 0.25) is 0 Å². The SMILES string of the molecule is Cc1nc2n(c1C1NCCC1C(=O)O)CCO2. The number of aryl methyl sites for hydroxylation is 1. The lowest BCUT2D eigenvalue weighted by Gasteiger charge is -2.17. The van der Waals surface area contributed by atoms with Crippen molar-refractivity contribution in [3.05, 3.63) is 11.4 Å². The number of fused-ring (bicyclic) bond motifs is 1. The molecule has 0 radical (unpaired) electrons. The standard InChI is InChI=1S/C11H15N3O3/c1-6-9(14-4-5-17-11(14)13-6)8-7(10(15)16)2-3-12-8/h7-8,12H,2-5H2,1H3,(H,15,16). The quantitative estimate of drug-likeness (QED) is 0.774. The van der Waals surface area contributed by atoms with Gasteiger partial charge in [-0.25, -0.2) is 4.98 Å². The summed E-state index contributed by atoms with van der Waals surface area (Å²) < 4.78 is 7.39. The van der Waals surface area contributed by atoms with Crippen LogP contribution in [-0.2, 0) is 11.3 Å². The van der Waals surface area contributed by atoms with E-state index in [1.165, 1.54) is 0 Å². The van der Waals surface area contributed by atoms with E-state index in [2.05, 4.69) is 10.3 Å². The largest absolute Gasteiger partial charge is 0.481 e.